The summed E-state index contributed by atoms with van der Waals surface area (Å²) in [5.41, 5.74) is -0.760. The van der Waals surface area contributed by atoms with E-state index in [1.54, 1.807) is 12.1 Å². The van der Waals surface area contributed by atoms with Crippen LogP contribution in [0.25, 0.3) is 28.0 Å². The summed E-state index contributed by atoms with van der Waals surface area (Å²) in [4.78, 5) is 34.2. The maximum atomic E-state index is 14.6. The van der Waals surface area contributed by atoms with Crippen molar-refractivity contribution < 1.29 is 26.7 Å². The average molecular weight is 603 g/mol. The van der Waals surface area contributed by atoms with Gasteiger partial charge in [-0.1, -0.05) is 11.6 Å². The largest absolute Gasteiger partial charge is 0.417 e. The molecule has 216 valence electrons. The van der Waals surface area contributed by atoms with Crippen molar-refractivity contribution in [2.24, 2.45) is 0 Å². The topological polar surface area (TPSA) is 88.8 Å². The lowest BCUT2D eigenvalue weighted by molar-refractivity contribution is -0.137. The van der Waals surface area contributed by atoms with Crippen LogP contribution in [0.5, 0.6) is 0 Å². The van der Waals surface area contributed by atoms with Crippen molar-refractivity contribution in [2.75, 3.05) is 13.1 Å². The summed E-state index contributed by atoms with van der Waals surface area (Å²) in [6.45, 7) is 0.349. The van der Waals surface area contributed by atoms with Gasteiger partial charge in [0.15, 0.2) is 17.3 Å². The summed E-state index contributed by atoms with van der Waals surface area (Å²) in [5.74, 6) is -2.69. The smallest absolute Gasteiger partial charge is 0.337 e. The highest BCUT2D eigenvalue weighted by Crippen LogP contribution is 2.37. The van der Waals surface area contributed by atoms with Gasteiger partial charge in [-0.25, -0.2) is 18.3 Å². The molecule has 1 amide bonds. The van der Waals surface area contributed by atoms with Crippen LogP contribution in [0.1, 0.15) is 34.9 Å². The third-order valence-electron chi connectivity index (χ3n) is 7.27. The van der Waals surface area contributed by atoms with Gasteiger partial charge in [-0.05, 0) is 61.4 Å². The number of nitrogens with zero attached hydrogens (tertiary/aromatic N) is 5. The number of likely N-dealkylation sites (tertiary alicyclic amines) is 1. The molecule has 1 aliphatic heterocycles. The Labute approximate surface area is 239 Å². The lowest BCUT2D eigenvalue weighted by Gasteiger charge is -2.32. The third-order valence-corrected chi connectivity index (χ3v) is 7.60. The van der Waals surface area contributed by atoms with Crippen LogP contribution in [0.2, 0.25) is 5.02 Å². The number of piperidine rings is 1. The highest BCUT2D eigenvalue weighted by atomic mass is 35.5. The van der Waals surface area contributed by atoms with Gasteiger partial charge in [-0.15, -0.1) is 0 Å². The Hall–Kier alpha value is -4.52. The van der Waals surface area contributed by atoms with E-state index in [0.29, 0.717) is 11.3 Å². The lowest BCUT2D eigenvalue weighted by Crippen LogP contribution is -2.40. The standard InChI is InChI=1S/C28H20ClF5N6O2/c29-19-4-3-17(12-18(19)28(32,33)34)40-23(15-2-1-9-35-14-15)13-22(37-40)26(41)38-10-7-16(8-11-38)39-25-21(36-27(39)42)6-5-20(30)24(25)31/h1-6,9,12-14,16H,7-8,10-11H2,(H,36,42). The number of H-pyrrole nitrogens is 1. The first-order valence-corrected chi connectivity index (χ1v) is 13.2. The predicted octanol–water partition coefficient (Wildman–Crippen LogP) is 6.01. The SMILES string of the molecule is O=C(c1cc(-c2cccnc2)n(-c2ccc(Cl)c(C(F)(F)F)c2)n1)N1CCC(n2c(=O)[nH]c3ccc(F)c(F)c32)CC1. The zero-order chi connectivity index (χ0) is 29.8. The molecule has 0 spiro atoms. The minimum atomic E-state index is -4.71. The quantitative estimate of drug-likeness (QED) is 0.255. The van der Waals surface area contributed by atoms with E-state index >= 15 is 0 Å². The van der Waals surface area contributed by atoms with Gasteiger partial charge < -0.3 is 9.88 Å². The summed E-state index contributed by atoms with van der Waals surface area (Å²) < 4.78 is 71.7. The van der Waals surface area contributed by atoms with Gasteiger partial charge in [0.2, 0.25) is 0 Å². The van der Waals surface area contributed by atoms with E-state index < -0.39 is 46.0 Å². The summed E-state index contributed by atoms with van der Waals surface area (Å²) in [6, 6.07) is 9.86. The minimum absolute atomic E-state index is 0.0202. The highest BCUT2D eigenvalue weighted by Gasteiger charge is 2.34. The van der Waals surface area contributed by atoms with Crippen LogP contribution in [0.3, 0.4) is 0 Å². The number of pyridine rings is 1. The number of amides is 1. The molecule has 1 N–H and O–H groups in total. The monoisotopic (exact) mass is 602 g/mol. The molecule has 0 radical (unpaired) electrons. The summed E-state index contributed by atoms with van der Waals surface area (Å²) in [6.07, 6.45) is -1.13. The van der Waals surface area contributed by atoms with E-state index in [1.165, 1.54) is 44.7 Å². The Morgan fingerprint density at radius 2 is 1.81 bits per heavy atom. The molecule has 6 rings (SSSR count). The summed E-state index contributed by atoms with van der Waals surface area (Å²) in [7, 11) is 0. The molecule has 1 fully saturated rings. The van der Waals surface area contributed by atoms with E-state index in [9.17, 15) is 31.5 Å². The van der Waals surface area contributed by atoms with Crippen LogP contribution in [-0.4, -0.2) is 48.2 Å². The molecular weight excluding hydrogens is 583 g/mol. The number of alkyl halides is 3. The normalized spacial score (nSPS) is 14.6. The molecule has 4 heterocycles. The molecule has 3 aromatic heterocycles. The van der Waals surface area contributed by atoms with Crippen molar-refractivity contribution in [1.29, 1.82) is 0 Å². The number of imidazole rings is 1. The van der Waals surface area contributed by atoms with Crippen LogP contribution in [-0.2, 0) is 6.18 Å². The van der Waals surface area contributed by atoms with Crippen molar-refractivity contribution >= 4 is 28.5 Å². The molecule has 5 aromatic rings. The zero-order valence-corrected chi connectivity index (χ0v) is 22.3. The van der Waals surface area contributed by atoms with E-state index in [2.05, 4.69) is 15.1 Å². The van der Waals surface area contributed by atoms with Crippen LogP contribution in [0, 0.1) is 11.6 Å². The molecule has 0 bridgehead atoms. The summed E-state index contributed by atoms with van der Waals surface area (Å²) in [5, 5.41) is 3.89. The molecule has 0 saturated carbocycles. The second-order valence-corrected chi connectivity index (χ2v) is 10.2. The van der Waals surface area contributed by atoms with Gasteiger partial charge >= 0.3 is 11.9 Å². The fourth-order valence-electron chi connectivity index (χ4n) is 5.26. The first-order valence-electron chi connectivity index (χ1n) is 12.8. The second kappa shape index (κ2) is 10.4. The molecule has 1 saturated heterocycles. The average Bonchev–Trinajstić information content (AvgIpc) is 3.57. The number of nitrogens with one attached hydrogen (secondary N) is 1. The first-order chi connectivity index (χ1) is 20.0. The molecule has 0 aliphatic carbocycles. The summed E-state index contributed by atoms with van der Waals surface area (Å²) >= 11 is 5.81. The van der Waals surface area contributed by atoms with Crippen LogP contribution >= 0.6 is 11.6 Å². The van der Waals surface area contributed by atoms with Gasteiger partial charge in [0.05, 0.1) is 27.5 Å². The third kappa shape index (κ3) is 4.83. The van der Waals surface area contributed by atoms with E-state index in [4.69, 9.17) is 11.6 Å². The minimum Gasteiger partial charge on any atom is -0.337 e. The van der Waals surface area contributed by atoms with E-state index in [-0.39, 0.29) is 48.3 Å². The number of aromatic amines is 1. The molecule has 0 atom stereocenters. The van der Waals surface area contributed by atoms with Crippen LogP contribution in [0.4, 0.5) is 22.0 Å². The van der Waals surface area contributed by atoms with Gasteiger partial charge in [-0.2, -0.15) is 18.3 Å². The van der Waals surface area contributed by atoms with E-state index in [0.717, 1.165) is 18.2 Å². The Morgan fingerprint density at radius 1 is 1.05 bits per heavy atom. The van der Waals surface area contributed by atoms with Crippen LogP contribution in [0.15, 0.2) is 65.7 Å². The van der Waals surface area contributed by atoms with Crippen molar-refractivity contribution in [1.82, 2.24) is 29.2 Å². The molecule has 1 aliphatic rings. The van der Waals surface area contributed by atoms with Crippen molar-refractivity contribution in [3.05, 3.63) is 99.3 Å². The van der Waals surface area contributed by atoms with E-state index in [1.807, 2.05) is 0 Å². The Morgan fingerprint density at radius 3 is 2.50 bits per heavy atom. The zero-order valence-electron chi connectivity index (χ0n) is 21.5. The van der Waals surface area contributed by atoms with Crippen molar-refractivity contribution in [3.8, 4) is 16.9 Å². The van der Waals surface area contributed by atoms with Gasteiger partial charge in [0.25, 0.3) is 5.91 Å². The molecular formula is C28H20ClF5N6O2. The number of rotatable bonds is 4. The first kappa shape index (κ1) is 27.6. The van der Waals surface area contributed by atoms with Crippen molar-refractivity contribution in [3.63, 3.8) is 0 Å². The van der Waals surface area contributed by atoms with Gasteiger partial charge in [-0.3, -0.25) is 14.3 Å². The molecule has 42 heavy (non-hydrogen) atoms. The molecule has 14 heteroatoms. The Bertz CT molecular complexity index is 1870. The lowest BCUT2D eigenvalue weighted by atomic mass is 10.0. The fraction of sp³-hybridized carbons (Fsp3) is 0.214. The number of fused-ring (bicyclic) bond motifs is 1. The number of aromatic nitrogens is 5. The number of carbonyl (C=O) groups excluding carboxylic acids is 1. The number of carbonyl (C=O) groups is 1. The van der Waals surface area contributed by atoms with Crippen LogP contribution < -0.4 is 5.69 Å². The number of benzene rings is 2. The highest BCUT2D eigenvalue weighted by molar-refractivity contribution is 6.31. The van der Waals surface area contributed by atoms with Crippen molar-refractivity contribution in [2.45, 2.75) is 25.1 Å². The molecule has 0 unspecified atom stereocenters. The fourth-order valence-corrected chi connectivity index (χ4v) is 5.48. The number of halogens is 6. The number of hydrogen-bond acceptors (Lipinski definition) is 4. The molecule has 8 nitrogen and oxygen atoms in total. The maximum Gasteiger partial charge on any atom is 0.417 e. The maximum absolute atomic E-state index is 14.6. The Kier molecular flexibility index (Phi) is 6.84. The second-order valence-electron chi connectivity index (χ2n) is 9.81. The molecule has 2 aromatic carbocycles. The van der Waals surface area contributed by atoms with Gasteiger partial charge in [0, 0.05) is 37.1 Å². The number of hydrogen-bond donors (Lipinski definition) is 1. The van der Waals surface area contributed by atoms with Gasteiger partial charge in [0.1, 0.15) is 5.52 Å². The predicted molar refractivity (Wildman–Crippen MR) is 143 cm³/mol. The Balaban J connectivity index is 1.31.